The van der Waals surface area contributed by atoms with Crippen molar-refractivity contribution in [2.45, 2.75) is 38.6 Å². The monoisotopic (exact) mass is 359 g/mol. The van der Waals surface area contributed by atoms with Crippen molar-refractivity contribution >= 4 is 17.7 Å². The van der Waals surface area contributed by atoms with Crippen LogP contribution in [0.15, 0.2) is 18.6 Å². The first-order valence-corrected chi connectivity index (χ1v) is 9.21. The van der Waals surface area contributed by atoms with Crippen LogP contribution in [0.4, 0.5) is 0 Å². The topological polar surface area (TPSA) is 95.5 Å². The summed E-state index contributed by atoms with van der Waals surface area (Å²) in [4.78, 5) is 47.7. The first-order valence-electron chi connectivity index (χ1n) is 9.21. The normalized spacial score (nSPS) is 20.5. The highest BCUT2D eigenvalue weighted by Gasteiger charge is 2.30. The third-order valence-electron chi connectivity index (χ3n) is 4.99. The molecule has 8 heteroatoms. The van der Waals surface area contributed by atoms with E-state index in [1.54, 1.807) is 17.2 Å². The van der Waals surface area contributed by atoms with Gasteiger partial charge in [-0.25, -0.2) is 9.97 Å². The van der Waals surface area contributed by atoms with Crippen molar-refractivity contribution in [2.75, 3.05) is 26.2 Å². The van der Waals surface area contributed by atoms with E-state index in [1.807, 2.05) is 4.90 Å². The van der Waals surface area contributed by atoms with Gasteiger partial charge < -0.3 is 15.1 Å². The van der Waals surface area contributed by atoms with E-state index in [1.165, 1.54) is 6.33 Å². The number of nitrogens with one attached hydrogen (secondary N) is 1. The number of nitrogens with zero attached hydrogens (tertiary/aromatic N) is 4. The minimum Gasteiger partial charge on any atom is -0.350 e. The van der Waals surface area contributed by atoms with Gasteiger partial charge in [0.1, 0.15) is 6.33 Å². The molecule has 2 aliphatic rings. The molecule has 0 radical (unpaired) electrons. The number of piperidine rings is 1. The summed E-state index contributed by atoms with van der Waals surface area (Å²) in [7, 11) is 0. The Morgan fingerprint density at radius 3 is 2.73 bits per heavy atom. The number of amides is 3. The number of carbonyl (C=O) groups is 3. The molecule has 3 heterocycles. The van der Waals surface area contributed by atoms with E-state index in [0.717, 1.165) is 25.1 Å². The number of rotatable bonds is 7. The molecule has 140 valence electrons. The Bertz CT molecular complexity index is 651. The first kappa shape index (κ1) is 18.3. The third kappa shape index (κ3) is 4.77. The molecule has 1 aromatic rings. The smallest absolute Gasteiger partial charge is 0.225 e. The molecule has 2 saturated heterocycles. The third-order valence-corrected chi connectivity index (χ3v) is 4.99. The minimum absolute atomic E-state index is 0.0455. The van der Waals surface area contributed by atoms with Gasteiger partial charge in [0.2, 0.25) is 17.7 Å². The van der Waals surface area contributed by atoms with Crippen molar-refractivity contribution in [2.24, 2.45) is 5.92 Å². The molecule has 3 amide bonds. The second-order valence-corrected chi connectivity index (χ2v) is 6.83. The summed E-state index contributed by atoms with van der Waals surface area (Å²) in [6, 6.07) is 1.76. The maximum Gasteiger partial charge on any atom is 0.225 e. The van der Waals surface area contributed by atoms with Crippen LogP contribution in [-0.4, -0.2) is 63.7 Å². The number of hydrogen-bond donors (Lipinski definition) is 1. The number of aromatic nitrogens is 2. The number of hydrogen-bond acceptors (Lipinski definition) is 5. The predicted octanol–water partition coefficient (Wildman–Crippen LogP) is 0.344. The summed E-state index contributed by atoms with van der Waals surface area (Å²) < 4.78 is 0. The second-order valence-electron chi connectivity index (χ2n) is 6.83. The van der Waals surface area contributed by atoms with Gasteiger partial charge >= 0.3 is 0 Å². The average molecular weight is 359 g/mol. The highest BCUT2D eigenvalue weighted by atomic mass is 16.2. The zero-order valence-electron chi connectivity index (χ0n) is 14.9. The fourth-order valence-electron chi connectivity index (χ4n) is 3.48. The van der Waals surface area contributed by atoms with Crippen LogP contribution in [0.1, 0.15) is 37.8 Å². The van der Waals surface area contributed by atoms with Crippen LogP contribution in [0.2, 0.25) is 0 Å². The first-order chi connectivity index (χ1) is 12.6. The van der Waals surface area contributed by atoms with Crippen molar-refractivity contribution in [3.8, 4) is 0 Å². The lowest BCUT2D eigenvalue weighted by Crippen LogP contribution is -2.46. The van der Waals surface area contributed by atoms with Gasteiger partial charge in [-0.05, 0) is 25.3 Å². The average Bonchev–Trinajstić information content (AvgIpc) is 3.07. The molecule has 26 heavy (non-hydrogen) atoms. The molecule has 2 fully saturated rings. The molecule has 3 rings (SSSR count). The lowest BCUT2D eigenvalue weighted by molar-refractivity contribution is -0.138. The van der Waals surface area contributed by atoms with Gasteiger partial charge in [-0.3, -0.25) is 14.4 Å². The molecule has 8 nitrogen and oxygen atoms in total. The van der Waals surface area contributed by atoms with E-state index in [0.29, 0.717) is 45.4 Å². The maximum absolute atomic E-state index is 12.4. The Balaban J connectivity index is 1.43. The summed E-state index contributed by atoms with van der Waals surface area (Å²) in [5, 5.41) is 2.89. The quantitative estimate of drug-likeness (QED) is 0.758. The molecular weight excluding hydrogens is 334 g/mol. The Morgan fingerprint density at radius 2 is 2.00 bits per heavy atom. The molecule has 0 unspecified atom stereocenters. The van der Waals surface area contributed by atoms with Gasteiger partial charge in [0.05, 0.1) is 18.2 Å². The van der Waals surface area contributed by atoms with Crippen molar-refractivity contribution < 1.29 is 14.4 Å². The predicted molar refractivity (Wildman–Crippen MR) is 93.6 cm³/mol. The molecule has 0 aliphatic carbocycles. The van der Waals surface area contributed by atoms with Crippen LogP contribution < -0.4 is 5.32 Å². The Hall–Kier alpha value is -2.51. The van der Waals surface area contributed by atoms with Crippen molar-refractivity contribution in [3.05, 3.63) is 24.3 Å². The van der Waals surface area contributed by atoms with E-state index in [2.05, 4.69) is 15.3 Å². The largest absolute Gasteiger partial charge is 0.350 e. The summed E-state index contributed by atoms with van der Waals surface area (Å²) in [5.41, 5.74) is 0.757. The van der Waals surface area contributed by atoms with E-state index >= 15 is 0 Å². The van der Waals surface area contributed by atoms with Gasteiger partial charge in [-0.15, -0.1) is 0 Å². The molecule has 1 aromatic heterocycles. The van der Waals surface area contributed by atoms with Crippen LogP contribution in [0.3, 0.4) is 0 Å². The van der Waals surface area contributed by atoms with Crippen molar-refractivity contribution in [1.29, 1.82) is 0 Å². The van der Waals surface area contributed by atoms with E-state index in [4.69, 9.17) is 0 Å². The van der Waals surface area contributed by atoms with Crippen LogP contribution in [-0.2, 0) is 20.9 Å². The minimum atomic E-state index is -0.192. The van der Waals surface area contributed by atoms with E-state index < -0.39 is 0 Å². The highest BCUT2D eigenvalue weighted by Crippen LogP contribution is 2.19. The van der Waals surface area contributed by atoms with Crippen LogP contribution >= 0.6 is 0 Å². The van der Waals surface area contributed by atoms with Crippen LogP contribution in [0, 0.1) is 5.92 Å². The molecule has 1 N–H and O–H groups in total. The summed E-state index contributed by atoms with van der Waals surface area (Å²) >= 11 is 0. The zero-order chi connectivity index (χ0) is 18.4. The molecule has 2 aliphatic heterocycles. The van der Waals surface area contributed by atoms with Crippen LogP contribution in [0.5, 0.6) is 0 Å². The van der Waals surface area contributed by atoms with Crippen molar-refractivity contribution in [1.82, 2.24) is 25.1 Å². The van der Waals surface area contributed by atoms with Gasteiger partial charge in [-0.2, -0.15) is 0 Å². The molecule has 0 bridgehead atoms. The molecular formula is C18H25N5O3. The van der Waals surface area contributed by atoms with Gasteiger partial charge in [0.25, 0.3) is 0 Å². The SMILES string of the molecule is O=C(NCc1ccncn1)[C@H]1CCC(=O)N(CCCN2CCCC2=O)C1. The Kier molecular flexibility index (Phi) is 6.14. The zero-order valence-corrected chi connectivity index (χ0v) is 14.9. The fourth-order valence-corrected chi connectivity index (χ4v) is 3.48. The van der Waals surface area contributed by atoms with Gasteiger partial charge in [-0.1, -0.05) is 0 Å². The summed E-state index contributed by atoms with van der Waals surface area (Å²) in [5.74, 6) is 0.0633. The van der Waals surface area contributed by atoms with E-state index in [9.17, 15) is 14.4 Å². The van der Waals surface area contributed by atoms with Gasteiger partial charge in [0.15, 0.2) is 0 Å². The number of carbonyl (C=O) groups excluding carboxylic acids is 3. The molecule has 1 atom stereocenters. The van der Waals surface area contributed by atoms with E-state index in [-0.39, 0.29) is 23.6 Å². The Morgan fingerprint density at radius 1 is 1.19 bits per heavy atom. The molecule has 0 saturated carbocycles. The maximum atomic E-state index is 12.4. The highest BCUT2D eigenvalue weighted by molar-refractivity contribution is 5.83. The number of likely N-dealkylation sites (tertiary alicyclic amines) is 2. The molecule has 0 spiro atoms. The summed E-state index contributed by atoms with van der Waals surface area (Å²) in [6.07, 6.45) is 6.39. The fraction of sp³-hybridized carbons (Fsp3) is 0.611. The Labute approximate surface area is 153 Å². The molecule has 0 aromatic carbocycles. The standard InChI is InChI=1S/C18H25N5O3/c24-16-3-1-8-22(16)9-2-10-23-12-14(4-5-17(23)25)18(26)20-11-15-6-7-19-13-21-15/h6-7,13-14H,1-5,8-12H2,(H,20,26)/t14-/m0/s1. The van der Waals surface area contributed by atoms with Crippen molar-refractivity contribution in [3.63, 3.8) is 0 Å². The second kappa shape index (κ2) is 8.73. The lowest BCUT2D eigenvalue weighted by atomic mass is 9.96. The summed E-state index contributed by atoms with van der Waals surface area (Å²) in [6.45, 7) is 2.91. The van der Waals surface area contributed by atoms with Crippen LogP contribution in [0.25, 0.3) is 0 Å². The lowest BCUT2D eigenvalue weighted by Gasteiger charge is -2.32. The van der Waals surface area contributed by atoms with Gasteiger partial charge in [0, 0.05) is 45.2 Å².